The van der Waals surface area contributed by atoms with Crippen molar-refractivity contribution in [1.82, 2.24) is 10.2 Å². The molecule has 8 nitrogen and oxygen atoms in total. The van der Waals surface area contributed by atoms with Crippen molar-refractivity contribution in [1.29, 1.82) is 0 Å². The second-order valence-electron chi connectivity index (χ2n) is 9.69. The highest BCUT2D eigenvalue weighted by Gasteiger charge is 2.35. The Hall–Kier alpha value is -2.81. The molecular formula is C27H35N3O5. The summed E-state index contributed by atoms with van der Waals surface area (Å²) < 4.78 is 17.4. The molecule has 2 fully saturated rings. The number of nitrogens with one attached hydrogen (secondary N) is 1. The van der Waals surface area contributed by atoms with Gasteiger partial charge in [0.05, 0.1) is 19.3 Å². The Bertz CT molecular complexity index is 1040. The predicted octanol–water partition coefficient (Wildman–Crippen LogP) is 2.99. The van der Waals surface area contributed by atoms with Crippen molar-refractivity contribution in [3.63, 3.8) is 0 Å². The number of para-hydroxylation sites is 1. The van der Waals surface area contributed by atoms with Gasteiger partial charge in [-0.2, -0.15) is 0 Å². The molecule has 3 aliphatic rings. The summed E-state index contributed by atoms with van der Waals surface area (Å²) in [5.41, 5.74) is 2.63. The van der Waals surface area contributed by atoms with Crippen LogP contribution >= 0.6 is 0 Å². The van der Waals surface area contributed by atoms with Crippen LogP contribution in [0.25, 0.3) is 0 Å². The quantitative estimate of drug-likeness (QED) is 0.679. The first-order valence-electron chi connectivity index (χ1n) is 12.6. The lowest BCUT2D eigenvalue weighted by molar-refractivity contribution is -0.121. The number of ether oxygens (including phenoxy) is 3. The number of benzene rings is 2. The number of aliphatic hydroxyl groups excluding tert-OH is 1. The molecule has 0 bridgehead atoms. The summed E-state index contributed by atoms with van der Waals surface area (Å²) in [4.78, 5) is 17.2. The molecule has 8 heteroatoms. The van der Waals surface area contributed by atoms with Crippen LogP contribution in [0.3, 0.4) is 0 Å². The number of aliphatic hydroxyl groups is 1. The lowest BCUT2D eigenvalue weighted by Gasteiger charge is -2.44. The first-order valence-corrected chi connectivity index (χ1v) is 12.6. The van der Waals surface area contributed by atoms with Crippen molar-refractivity contribution >= 4 is 11.6 Å². The molecule has 35 heavy (non-hydrogen) atoms. The van der Waals surface area contributed by atoms with Gasteiger partial charge < -0.3 is 34.4 Å². The van der Waals surface area contributed by atoms with Gasteiger partial charge in [0.25, 0.3) is 5.91 Å². The summed E-state index contributed by atoms with van der Waals surface area (Å²) in [5.74, 6) is 1.64. The number of amides is 1. The minimum atomic E-state index is -0.965. The summed E-state index contributed by atoms with van der Waals surface area (Å²) in [6.45, 7) is 5.68. The van der Waals surface area contributed by atoms with Crippen LogP contribution in [0.5, 0.6) is 11.5 Å². The Balaban J connectivity index is 1.25. The predicted molar refractivity (Wildman–Crippen MR) is 133 cm³/mol. The standard InChI is InChI=1S/C27H35N3O5/c1-18-16-28-12-9-24(18)35-21-7-8-22(25(15-21)33-2)26(31)29-13-10-20(11-14-29)30-23-6-4-3-5-19(23)17-34-27(30)32/h3-8,15,18,20,24,27-28,32H,9-14,16-17H2,1-2H3. The molecule has 2 aromatic rings. The maximum Gasteiger partial charge on any atom is 0.257 e. The van der Waals surface area contributed by atoms with E-state index in [1.807, 2.05) is 52.3 Å². The van der Waals surface area contributed by atoms with Crippen LogP contribution in [0, 0.1) is 5.92 Å². The highest BCUT2D eigenvalue weighted by atomic mass is 16.6. The number of piperidine rings is 2. The van der Waals surface area contributed by atoms with E-state index < -0.39 is 6.41 Å². The fraction of sp³-hybridized carbons (Fsp3) is 0.519. The van der Waals surface area contributed by atoms with Crippen LogP contribution in [0.4, 0.5) is 5.69 Å². The van der Waals surface area contributed by atoms with Gasteiger partial charge in [0.2, 0.25) is 6.41 Å². The van der Waals surface area contributed by atoms with Crippen molar-refractivity contribution < 1.29 is 24.1 Å². The molecule has 0 spiro atoms. The van der Waals surface area contributed by atoms with E-state index in [1.165, 1.54) is 0 Å². The van der Waals surface area contributed by atoms with Crippen molar-refractivity contribution in [2.24, 2.45) is 5.92 Å². The van der Waals surface area contributed by atoms with Crippen LogP contribution in [0.15, 0.2) is 42.5 Å². The zero-order valence-electron chi connectivity index (χ0n) is 20.5. The normalized spacial score (nSPS) is 25.2. The molecule has 3 heterocycles. The van der Waals surface area contributed by atoms with Crippen LogP contribution < -0.4 is 19.7 Å². The number of anilines is 1. The number of fused-ring (bicyclic) bond motifs is 1. The molecule has 3 atom stereocenters. The van der Waals surface area contributed by atoms with E-state index in [-0.39, 0.29) is 18.1 Å². The number of carbonyl (C=O) groups is 1. The average Bonchev–Trinajstić information content (AvgIpc) is 2.89. The summed E-state index contributed by atoms with van der Waals surface area (Å²) in [7, 11) is 1.59. The van der Waals surface area contributed by atoms with Gasteiger partial charge in [-0.05, 0) is 44.0 Å². The molecule has 188 valence electrons. The highest BCUT2D eigenvalue weighted by molar-refractivity contribution is 5.97. The minimum Gasteiger partial charge on any atom is -0.496 e. The van der Waals surface area contributed by atoms with E-state index in [0.29, 0.717) is 36.9 Å². The fourth-order valence-corrected chi connectivity index (χ4v) is 5.40. The van der Waals surface area contributed by atoms with Gasteiger partial charge in [-0.25, -0.2) is 0 Å². The van der Waals surface area contributed by atoms with Crippen molar-refractivity contribution in [2.75, 3.05) is 38.2 Å². The third-order valence-corrected chi connectivity index (χ3v) is 7.44. The lowest BCUT2D eigenvalue weighted by Crippen LogP contribution is -2.52. The largest absolute Gasteiger partial charge is 0.496 e. The Kier molecular flexibility index (Phi) is 7.13. The van der Waals surface area contributed by atoms with Crippen molar-refractivity contribution in [3.8, 4) is 11.5 Å². The average molecular weight is 482 g/mol. The molecule has 0 saturated carbocycles. The Morgan fingerprint density at radius 2 is 1.94 bits per heavy atom. The Morgan fingerprint density at radius 3 is 2.71 bits per heavy atom. The number of hydrogen-bond acceptors (Lipinski definition) is 7. The van der Waals surface area contributed by atoms with Crippen molar-refractivity contribution in [3.05, 3.63) is 53.6 Å². The lowest BCUT2D eigenvalue weighted by atomic mass is 9.98. The molecule has 0 aliphatic carbocycles. The second kappa shape index (κ2) is 10.4. The summed E-state index contributed by atoms with van der Waals surface area (Å²) in [6.07, 6.45) is 1.64. The third-order valence-electron chi connectivity index (χ3n) is 7.44. The van der Waals surface area contributed by atoms with Crippen molar-refractivity contribution in [2.45, 2.75) is 51.4 Å². The molecule has 3 aliphatic heterocycles. The molecule has 1 amide bonds. The van der Waals surface area contributed by atoms with Gasteiger partial charge in [-0.15, -0.1) is 0 Å². The van der Waals surface area contributed by atoms with Gasteiger partial charge in [0.15, 0.2) is 0 Å². The molecule has 2 aromatic carbocycles. The summed E-state index contributed by atoms with van der Waals surface area (Å²) in [5, 5.41) is 13.9. The van der Waals surface area contributed by atoms with Crippen LogP contribution in [0.2, 0.25) is 0 Å². The van der Waals surface area contributed by atoms with E-state index in [4.69, 9.17) is 14.2 Å². The minimum absolute atomic E-state index is 0.0436. The zero-order chi connectivity index (χ0) is 24.4. The van der Waals surface area contributed by atoms with E-state index >= 15 is 0 Å². The molecular weight excluding hydrogens is 446 g/mol. The first kappa shape index (κ1) is 23.9. The second-order valence-corrected chi connectivity index (χ2v) is 9.69. The number of carbonyl (C=O) groups excluding carboxylic acids is 1. The molecule has 0 radical (unpaired) electrons. The zero-order valence-corrected chi connectivity index (χ0v) is 20.5. The van der Waals surface area contributed by atoms with E-state index in [9.17, 15) is 9.90 Å². The molecule has 2 saturated heterocycles. The Labute approximate surface area is 206 Å². The number of methoxy groups -OCH3 is 1. The summed E-state index contributed by atoms with van der Waals surface area (Å²) >= 11 is 0. The topological polar surface area (TPSA) is 83.5 Å². The molecule has 5 rings (SSSR count). The van der Waals surface area contributed by atoms with Gasteiger partial charge in [-0.1, -0.05) is 25.1 Å². The molecule has 3 unspecified atom stereocenters. The summed E-state index contributed by atoms with van der Waals surface area (Å²) in [6, 6.07) is 13.6. The van der Waals surface area contributed by atoms with Crippen LogP contribution in [-0.2, 0) is 11.3 Å². The SMILES string of the molecule is COc1cc(OC2CCNCC2C)ccc1C(=O)N1CCC(N2c3ccccc3COC2O)CC1. The smallest absolute Gasteiger partial charge is 0.257 e. The number of rotatable bonds is 5. The number of nitrogens with zero attached hydrogens (tertiary/aromatic N) is 2. The highest BCUT2D eigenvalue weighted by Crippen LogP contribution is 2.34. The maximum atomic E-state index is 13.4. The molecule has 0 aromatic heterocycles. The Morgan fingerprint density at radius 1 is 1.14 bits per heavy atom. The van der Waals surface area contributed by atoms with E-state index in [2.05, 4.69) is 12.2 Å². The maximum absolute atomic E-state index is 13.4. The van der Waals surface area contributed by atoms with Gasteiger partial charge in [0.1, 0.15) is 17.6 Å². The molecule has 2 N–H and O–H groups in total. The third kappa shape index (κ3) is 4.96. The van der Waals surface area contributed by atoms with E-state index in [1.54, 1.807) is 7.11 Å². The fourth-order valence-electron chi connectivity index (χ4n) is 5.40. The van der Waals surface area contributed by atoms with Crippen LogP contribution in [-0.4, -0.2) is 67.8 Å². The van der Waals surface area contributed by atoms with E-state index in [0.717, 1.165) is 49.4 Å². The van der Waals surface area contributed by atoms with Gasteiger partial charge in [0, 0.05) is 48.9 Å². The number of hydrogen-bond donors (Lipinski definition) is 2. The van der Waals surface area contributed by atoms with Gasteiger partial charge >= 0.3 is 0 Å². The first-order chi connectivity index (χ1) is 17.0. The van der Waals surface area contributed by atoms with Crippen LogP contribution in [0.1, 0.15) is 42.1 Å². The number of likely N-dealkylation sites (tertiary alicyclic amines) is 1. The van der Waals surface area contributed by atoms with Gasteiger partial charge in [-0.3, -0.25) is 4.79 Å². The monoisotopic (exact) mass is 481 g/mol.